The van der Waals surface area contributed by atoms with E-state index in [1.54, 1.807) is 14.0 Å². The van der Waals surface area contributed by atoms with Crippen molar-refractivity contribution in [3.63, 3.8) is 0 Å². The average molecular weight is 324 g/mol. The van der Waals surface area contributed by atoms with E-state index in [1.807, 2.05) is 31.2 Å². The lowest BCUT2D eigenvalue weighted by Gasteiger charge is -2.03. The number of rotatable bonds is 7. The number of hydrogen-bond acceptors (Lipinski definition) is 5. The number of hydrogen-bond donors (Lipinski definition) is 1. The third-order valence-electron chi connectivity index (χ3n) is 3.16. The Bertz CT molecular complexity index is 721. The Morgan fingerprint density at radius 2 is 1.95 bits per heavy atom. The lowest BCUT2D eigenvalue weighted by atomic mass is 10.2. The third kappa shape index (κ3) is 4.08. The maximum atomic E-state index is 11.7. The molecule has 0 spiro atoms. The highest BCUT2D eigenvalue weighted by Crippen LogP contribution is 2.24. The van der Waals surface area contributed by atoms with Crippen LogP contribution in [0.3, 0.4) is 0 Å². The normalized spacial score (nSPS) is 11.6. The molecule has 120 valence electrons. The monoisotopic (exact) mass is 324 g/mol. The Morgan fingerprint density at radius 1 is 1.27 bits per heavy atom. The van der Waals surface area contributed by atoms with Crippen LogP contribution in [-0.4, -0.2) is 26.3 Å². The predicted molar refractivity (Wildman–Crippen MR) is 84.1 cm³/mol. The molecule has 1 aromatic carbocycles. The van der Waals surface area contributed by atoms with Gasteiger partial charge < -0.3 is 9.15 Å². The summed E-state index contributed by atoms with van der Waals surface area (Å²) in [5.74, 6) is 1.92. The van der Waals surface area contributed by atoms with Gasteiger partial charge in [0.25, 0.3) is 0 Å². The van der Waals surface area contributed by atoms with Gasteiger partial charge >= 0.3 is 0 Å². The Morgan fingerprint density at radius 3 is 2.55 bits per heavy atom. The molecule has 7 heteroatoms. The highest BCUT2D eigenvalue weighted by Gasteiger charge is 2.14. The van der Waals surface area contributed by atoms with Crippen LogP contribution in [0.4, 0.5) is 0 Å². The second-order valence-electron chi connectivity index (χ2n) is 4.89. The molecule has 1 N–H and O–H groups in total. The molecule has 0 saturated carbocycles. The molecular formula is C15H20N2O4S. The zero-order valence-corrected chi connectivity index (χ0v) is 13.7. The minimum absolute atomic E-state index is 0.106. The molecule has 1 aromatic heterocycles. The molecule has 0 unspecified atom stereocenters. The van der Waals surface area contributed by atoms with E-state index < -0.39 is 10.0 Å². The van der Waals surface area contributed by atoms with Crippen LogP contribution >= 0.6 is 0 Å². The van der Waals surface area contributed by atoms with E-state index in [4.69, 9.17) is 9.15 Å². The molecule has 0 fully saturated rings. The molecule has 0 bridgehead atoms. The number of ether oxygens (including phenoxy) is 1. The van der Waals surface area contributed by atoms with E-state index in [0.29, 0.717) is 23.8 Å². The molecule has 0 amide bonds. The minimum atomic E-state index is -3.26. The number of oxazole rings is 1. The van der Waals surface area contributed by atoms with Gasteiger partial charge in [-0.05, 0) is 37.6 Å². The van der Waals surface area contributed by atoms with E-state index in [-0.39, 0.29) is 12.3 Å². The largest absolute Gasteiger partial charge is 0.497 e. The van der Waals surface area contributed by atoms with Gasteiger partial charge in [-0.15, -0.1) is 0 Å². The number of aromatic nitrogens is 1. The van der Waals surface area contributed by atoms with Gasteiger partial charge in [-0.1, -0.05) is 6.92 Å². The Kier molecular flexibility index (Phi) is 5.20. The summed E-state index contributed by atoms with van der Waals surface area (Å²) >= 11 is 0. The van der Waals surface area contributed by atoms with Gasteiger partial charge in [-0.3, -0.25) is 0 Å². The second kappa shape index (κ2) is 6.93. The van der Waals surface area contributed by atoms with Gasteiger partial charge in [0.1, 0.15) is 11.5 Å². The number of aryl methyl sites for hydroxylation is 1. The van der Waals surface area contributed by atoms with Gasteiger partial charge in [0.15, 0.2) is 0 Å². The second-order valence-corrected chi connectivity index (χ2v) is 6.82. The highest BCUT2D eigenvalue weighted by molar-refractivity contribution is 7.89. The van der Waals surface area contributed by atoms with Gasteiger partial charge in [-0.2, -0.15) is 0 Å². The maximum Gasteiger partial charge on any atom is 0.226 e. The fourth-order valence-electron chi connectivity index (χ4n) is 1.97. The molecule has 0 saturated heterocycles. The fourth-order valence-corrected chi connectivity index (χ4v) is 3.01. The quantitative estimate of drug-likeness (QED) is 0.846. The van der Waals surface area contributed by atoms with Crippen molar-refractivity contribution in [1.29, 1.82) is 0 Å². The van der Waals surface area contributed by atoms with Crippen molar-refractivity contribution < 1.29 is 17.6 Å². The van der Waals surface area contributed by atoms with Crippen LogP contribution in [0.15, 0.2) is 28.7 Å². The van der Waals surface area contributed by atoms with Gasteiger partial charge in [0.05, 0.1) is 25.1 Å². The summed E-state index contributed by atoms with van der Waals surface area (Å²) in [6.45, 7) is 3.72. The number of nitrogens with one attached hydrogen (secondary N) is 1. The first-order valence-electron chi connectivity index (χ1n) is 7.03. The fraction of sp³-hybridized carbons (Fsp3) is 0.400. The molecule has 0 aliphatic rings. The molecule has 0 radical (unpaired) electrons. The maximum absolute atomic E-state index is 11.7. The summed E-state index contributed by atoms with van der Waals surface area (Å²) in [5, 5.41) is 0. The van der Waals surface area contributed by atoms with Gasteiger partial charge in [-0.25, -0.2) is 18.1 Å². The molecule has 6 nitrogen and oxygen atoms in total. The lowest BCUT2D eigenvalue weighted by Crippen LogP contribution is -2.26. The molecule has 2 aromatic rings. The van der Waals surface area contributed by atoms with E-state index in [2.05, 4.69) is 9.71 Å². The molecule has 0 aliphatic heterocycles. The van der Waals surface area contributed by atoms with E-state index in [0.717, 1.165) is 11.3 Å². The van der Waals surface area contributed by atoms with Crippen molar-refractivity contribution in [3.8, 4) is 17.2 Å². The van der Waals surface area contributed by atoms with Crippen molar-refractivity contribution in [2.75, 3.05) is 12.9 Å². The number of sulfonamides is 1. The standard InChI is InChI=1S/C15H20N2O4S/c1-4-9-22(18,19)16-10-14-11(2)21-15(17-14)12-5-7-13(20-3)8-6-12/h5-8,16H,4,9-10H2,1-3H3. The van der Waals surface area contributed by atoms with E-state index in [1.165, 1.54) is 0 Å². The zero-order chi connectivity index (χ0) is 16.2. The van der Waals surface area contributed by atoms with Crippen molar-refractivity contribution >= 4 is 10.0 Å². The van der Waals surface area contributed by atoms with Crippen LogP contribution in [0.1, 0.15) is 24.8 Å². The molecule has 2 rings (SSSR count). The smallest absolute Gasteiger partial charge is 0.226 e. The first-order chi connectivity index (χ1) is 10.4. The first-order valence-corrected chi connectivity index (χ1v) is 8.68. The number of nitrogens with zero attached hydrogens (tertiary/aromatic N) is 1. The predicted octanol–water partition coefficient (Wildman–Crippen LogP) is 2.49. The lowest BCUT2D eigenvalue weighted by molar-refractivity contribution is 0.415. The number of benzene rings is 1. The Hall–Kier alpha value is -1.86. The van der Waals surface area contributed by atoms with Crippen molar-refractivity contribution in [2.45, 2.75) is 26.8 Å². The highest BCUT2D eigenvalue weighted by atomic mass is 32.2. The molecule has 1 heterocycles. The van der Waals surface area contributed by atoms with Crippen molar-refractivity contribution in [3.05, 3.63) is 35.7 Å². The van der Waals surface area contributed by atoms with Crippen LogP contribution in [0, 0.1) is 6.92 Å². The van der Waals surface area contributed by atoms with Crippen LogP contribution in [0.2, 0.25) is 0 Å². The van der Waals surface area contributed by atoms with Crippen LogP contribution < -0.4 is 9.46 Å². The van der Waals surface area contributed by atoms with Crippen molar-refractivity contribution in [1.82, 2.24) is 9.71 Å². The summed E-state index contributed by atoms with van der Waals surface area (Å²) in [6, 6.07) is 7.32. The van der Waals surface area contributed by atoms with Crippen LogP contribution in [0.5, 0.6) is 5.75 Å². The summed E-state index contributed by atoms with van der Waals surface area (Å²) in [4.78, 5) is 4.36. The van der Waals surface area contributed by atoms with Crippen LogP contribution in [-0.2, 0) is 16.6 Å². The van der Waals surface area contributed by atoms with Gasteiger partial charge in [0.2, 0.25) is 15.9 Å². The Balaban J connectivity index is 2.13. The minimum Gasteiger partial charge on any atom is -0.497 e. The molecule has 0 aliphatic carbocycles. The van der Waals surface area contributed by atoms with E-state index in [9.17, 15) is 8.42 Å². The zero-order valence-electron chi connectivity index (χ0n) is 12.9. The molecular weight excluding hydrogens is 304 g/mol. The summed E-state index contributed by atoms with van der Waals surface area (Å²) in [7, 11) is -1.66. The van der Waals surface area contributed by atoms with E-state index >= 15 is 0 Å². The van der Waals surface area contributed by atoms with Gasteiger partial charge in [0, 0.05) is 5.56 Å². The van der Waals surface area contributed by atoms with Crippen molar-refractivity contribution in [2.24, 2.45) is 0 Å². The third-order valence-corrected chi connectivity index (χ3v) is 4.69. The molecule has 0 atom stereocenters. The Labute approximate surface area is 130 Å². The summed E-state index contributed by atoms with van der Waals surface area (Å²) in [5.41, 5.74) is 1.40. The topological polar surface area (TPSA) is 81.4 Å². The molecule has 22 heavy (non-hydrogen) atoms. The first kappa shape index (κ1) is 16.5. The summed E-state index contributed by atoms with van der Waals surface area (Å²) in [6.07, 6.45) is 0.574. The SMILES string of the molecule is CCCS(=O)(=O)NCc1nc(-c2ccc(OC)cc2)oc1C. The number of methoxy groups -OCH3 is 1. The average Bonchev–Trinajstić information content (AvgIpc) is 2.86. The summed E-state index contributed by atoms with van der Waals surface area (Å²) < 4.78 is 36.6. The van der Waals surface area contributed by atoms with Crippen LogP contribution in [0.25, 0.3) is 11.5 Å².